The fourth-order valence-electron chi connectivity index (χ4n) is 2.48. The van der Waals surface area contributed by atoms with Crippen LogP contribution in [0.3, 0.4) is 0 Å². The summed E-state index contributed by atoms with van der Waals surface area (Å²) >= 11 is 0. The first kappa shape index (κ1) is 15.6. The van der Waals surface area contributed by atoms with Gasteiger partial charge in [-0.3, -0.25) is 14.8 Å². The van der Waals surface area contributed by atoms with Crippen LogP contribution in [-0.4, -0.2) is 22.0 Å². The lowest BCUT2D eigenvalue weighted by molar-refractivity contribution is -0.115. The molecule has 0 saturated heterocycles. The van der Waals surface area contributed by atoms with Gasteiger partial charge in [-0.1, -0.05) is 42.5 Å². The highest BCUT2D eigenvalue weighted by atomic mass is 16.5. The Morgan fingerprint density at radius 3 is 2.54 bits per heavy atom. The first-order chi connectivity index (χ1) is 11.7. The number of amides is 2. The van der Waals surface area contributed by atoms with E-state index in [0.29, 0.717) is 5.69 Å². The van der Waals surface area contributed by atoms with E-state index in [1.807, 2.05) is 42.5 Å². The number of hydrogen-bond acceptors (Lipinski definition) is 4. The van der Waals surface area contributed by atoms with E-state index >= 15 is 0 Å². The van der Waals surface area contributed by atoms with Crippen molar-refractivity contribution in [2.45, 2.75) is 6.42 Å². The monoisotopic (exact) mass is 321 g/mol. The topological polar surface area (TPSA) is 91.3 Å². The van der Waals surface area contributed by atoms with Crippen molar-refractivity contribution in [2.75, 3.05) is 5.32 Å². The first-order valence-corrected chi connectivity index (χ1v) is 7.34. The van der Waals surface area contributed by atoms with Gasteiger partial charge in [-0.15, -0.1) is 0 Å². The van der Waals surface area contributed by atoms with Crippen molar-refractivity contribution in [1.29, 1.82) is 0 Å². The van der Waals surface area contributed by atoms with E-state index in [0.717, 1.165) is 16.3 Å². The number of pyridine rings is 1. The number of hydroxylamine groups is 1. The number of carbonyl (C=O) groups is 2. The third-order valence-electron chi connectivity index (χ3n) is 3.61. The third kappa shape index (κ3) is 3.39. The van der Waals surface area contributed by atoms with Crippen LogP contribution in [0.1, 0.15) is 16.1 Å². The molecule has 0 aliphatic carbocycles. The predicted octanol–water partition coefficient (Wildman–Crippen LogP) is 2.53. The molecule has 0 bridgehead atoms. The number of rotatable bonds is 4. The fraction of sp³-hybridized carbons (Fsp3) is 0.0556. The molecule has 0 spiro atoms. The summed E-state index contributed by atoms with van der Waals surface area (Å²) in [7, 11) is 0. The minimum absolute atomic E-state index is 0.0598. The van der Waals surface area contributed by atoms with Crippen LogP contribution >= 0.6 is 0 Å². The molecule has 1 heterocycles. The molecule has 0 aliphatic rings. The standard InChI is InChI=1S/C18H15N3O3/c22-17(20-14-8-9-16(19-11-14)18(23)21-24)10-13-6-3-5-12-4-1-2-7-15(12)13/h1-9,11,24H,10H2,(H,20,22)(H,21,23). The molecule has 3 N–H and O–H groups in total. The molecule has 1 aromatic heterocycles. The molecule has 0 radical (unpaired) electrons. The molecule has 0 aliphatic heterocycles. The number of nitrogens with one attached hydrogen (secondary N) is 2. The zero-order valence-electron chi connectivity index (χ0n) is 12.7. The van der Waals surface area contributed by atoms with E-state index in [-0.39, 0.29) is 18.0 Å². The van der Waals surface area contributed by atoms with Crippen molar-refractivity contribution in [2.24, 2.45) is 0 Å². The average Bonchev–Trinajstić information content (AvgIpc) is 2.62. The van der Waals surface area contributed by atoms with Crippen LogP contribution in [0.15, 0.2) is 60.8 Å². The molecule has 2 amide bonds. The van der Waals surface area contributed by atoms with E-state index in [4.69, 9.17) is 5.21 Å². The van der Waals surface area contributed by atoms with Crippen LogP contribution in [0.4, 0.5) is 5.69 Å². The van der Waals surface area contributed by atoms with Crippen LogP contribution < -0.4 is 10.8 Å². The molecule has 3 rings (SSSR count). The van der Waals surface area contributed by atoms with Gasteiger partial charge in [0.15, 0.2) is 0 Å². The highest BCUT2D eigenvalue weighted by Crippen LogP contribution is 2.19. The van der Waals surface area contributed by atoms with Gasteiger partial charge in [-0.05, 0) is 28.5 Å². The lowest BCUT2D eigenvalue weighted by Gasteiger charge is -2.08. The molecule has 24 heavy (non-hydrogen) atoms. The fourth-order valence-corrected chi connectivity index (χ4v) is 2.48. The van der Waals surface area contributed by atoms with Crippen molar-refractivity contribution in [1.82, 2.24) is 10.5 Å². The van der Waals surface area contributed by atoms with Gasteiger partial charge < -0.3 is 5.32 Å². The molecule has 2 aromatic carbocycles. The van der Waals surface area contributed by atoms with E-state index in [1.165, 1.54) is 17.7 Å². The largest absolute Gasteiger partial charge is 0.324 e. The number of hydrogen-bond donors (Lipinski definition) is 3. The summed E-state index contributed by atoms with van der Waals surface area (Å²) in [5, 5.41) is 13.4. The molecule has 120 valence electrons. The Labute approximate surface area is 138 Å². The molecule has 0 atom stereocenters. The summed E-state index contributed by atoms with van der Waals surface area (Å²) in [6, 6.07) is 16.7. The molecular weight excluding hydrogens is 306 g/mol. The molecule has 6 heteroatoms. The smallest absolute Gasteiger partial charge is 0.293 e. The minimum atomic E-state index is -0.705. The van der Waals surface area contributed by atoms with Crippen molar-refractivity contribution < 1.29 is 14.8 Å². The maximum atomic E-state index is 12.2. The summed E-state index contributed by atoms with van der Waals surface area (Å²) in [6.07, 6.45) is 1.60. The summed E-state index contributed by atoms with van der Waals surface area (Å²) < 4.78 is 0. The molecule has 6 nitrogen and oxygen atoms in total. The van der Waals surface area contributed by atoms with Gasteiger partial charge >= 0.3 is 0 Å². The Hall–Kier alpha value is -3.25. The number of benzene rings is 2. The zero-order valence-corrected chi connectivity index (χ0v) is 12.7. The minimum Gasteiger partial charge on any atom is -0.324 e. The predicted molar refractivity (Wildman–Crippen MR) is 89.8 cm³/mol. The number of anilines is 1. The number of carbonyl (C=O) groups excluding carboxylic acids is 2. The second-order valence-electron chi connectivity index (χ2n) is 5.24. The van der Waals surface area contributed by atoms with Gasteiger partial charge in [0, 0.05) is 0 Å². The summed E-state index contributed by atoms with van der Waals surface area (Å²) in [6.45, 7) is 0. The van der Waals surface area contributed by atoms with Gasteiger partial charge in [-0.2, -0.15) is 0 Å². The van der Waals surface area contributed by atoms with E-state index in [9.17, 15) is 9.59 Å². The summed E-state index contributed by atoms with van der Waals surface area (Å²) in [5.74, 6) is -0.879. The Morgan fingerprint density at radius 1 is 1.00 bits per heavy atom. The van der Waals surface area contributed by atoms with Crippen LogP contribution in [0.5, 0.6) is 0 Å². The summed E-state index contributed by atoms with van der Waals surface area (Å²) in [4.78, 5) is 27.3. The first-order valence-electron chi connectivity index (χ1n) is 7.34. The van der Waals surface area contributed by atoms with Crippen molar-refractivity contribution in [3.8, 4) is 0 Å². The van der Waals surface area contributed by atoms with Crippen molar-refractivity contribution in [3.05, 3.63) is 72.1 Å². The number of nitrogens with zero attached hydrogens (tertiary/aromatic N) is 1. The Balaban J connectivity index is 1.72. The van der Waals surface area contributed by atoms with Crippen molar-refractivity contribution >= 4 is 28.3 Å². The number of aromatic nitrogens is 1. The molecular formula is C18H15N3O3. The number of fused-ring (bicyclic) bond motifs is 1. The average molecular weight is 321 g/mol. The highest BCUT2D eigenvalue weighted by molar-refractivity contribution is 5.96. The van der Waals surface area contributed by atoms with Gasteiger partial charge in [0.05, 0.1) is 18.3 Å². The maximum Gasteiger partial charge on any atom is 0.293 e. The van der Waals surface area contributed by atoms with Crippen LogP contribution in [0.25, 0.3) is 10.8 Å². The highest BCUT2D eigenvalue weighted by Gasteiger charge is 2.09. The summed E-state index contributed by atoms with van der Waals surface area (Å²) in [5.41, 5.74) is 2.98. The van der Waals surface area contributed by atoms with Crippen LogP contribution in [-0.2, 0) is 11.2 Å². The van der Waals surface area contributed by atoms with E-state index in [1.54, 1.807) is 6.07 Å². The van der Waals surface area contributed by atoms with Crippen molar-refractivity contribution in [3.63, 3.8) is 0 Å². The normalized spacial score (nSPS) is 10.4. The zero-order chi connectivity index (χ0) is 16.9. The lowest BCUT2D eigenvalue weighted by Crippen LogP contribution is -2.20. The Bertz CT molecular complexity index is 886. The maximum absolute atomic E-state index is 12.2. The van der Waals surface area contributed by atoms with Crippen LogP contribution in [0, 0.1) is 0 Å². The van der Waals surface area contributed by atoms with E-state index in [2.05, 4.69) is 10.3 Å². The van der Waals surface area contributed by atoms with Gasteiger partial charge in [0.2, 0.25) is 5.91 Å². The Morgan fingerprint density at radius 2 is 1.79 bits per heavy atom. The lowest BCUT2D eigenvalue weighted by atomic mass is 10.0. The molecule has 3 aromatic rings. The molecule has 0 unspecified atom stereocenters. The van der Waals surface area contributed by atoms with Gasteiger partial charge in [0.25, 0.3) is 5.91 Å². The molecule has 0 fully saturated rings. The second kappa shape index (κ2) is 6.89. The van der Waals surface area contributed by atoms with Gasteiger partial charge in [-0.25, -0.2) is 10.5 Å². The SMILES string of the molecule is O=C(Cc1cccc2ccccc12)Nc1ccc(C(=O)NO)nc1. The van der Waals surface area contributed by atoms with Crippen LogP contribution in [0.2, 0.25) is 0 Å². The molecule has 0 saturated carbocycles. The Kier molecular flexibility index (Phi) is 4.49. The van der Waals surface area contributed by atoms with E-state index < -0.39 is 5.91 Å². The third-order valence-corrected chi connectivity index (χ3v) is 3.61. The van der Waals surface area contributed by atoms with Gasteiger partial charge in [0.1, 0.15) is 5.69 Å². The quantitative estimate of drug-likeness (QED) is 0.509. The second-order valence-corrected chi connectivity index (χ2v) is 5.24.